The van der Waals surface area contributed by atoms with Gasteiger partial charge >= 0.3 is 0 Å². The molecule has 0 aliphatic heterocycles. The molecule has 0 spiro atoms. The molecule has 0 saturated carbocycles. The van der Waals surface area contributed by atoms with Crippen LogP contribution in [0.1, 0.15) is 18.1 Å². The van der Waals surface area contributed by atoms with E-state index in [2.05, 4.69) is 25.7 Å². The SMILES string of the molecule is Cc1cccc(F)c1CNc1nc(Nc2cnn(C)c2)ncc1C=N.[HH]. The van der Waals surface area contributed by atoms with Crippen LogP contribution in [0.4, 0.5) is 21.8 Å². The number of halogens is 1. The molecule has 0 aliphatic carbocycles. The Kier molecular flexibility index (Phi) is 4.69. The molecule has 3 N–H and O–H groups in total. The van der Waals surface area contributed by atoms with Crippen molar-refractivity contribution in [1.29, 1.82) is 5.41 Å². The molecular weight excluding hydrogens is 321 g/mol. The van der Waals surface area contributed by atoms with Gasteiger partial charge in [0.25, 0.3) is 0 Å². The van der Waals surface area contributed by atoms with E-state index in [1.807, 2.05) is 20.0 Å². The number of nitrogens with one attached hydrogen (secondary N) is 3. The predicted molar refractivity (Wildman–Crippen MR) is 97.0 cm³/mol. The first-order chi connectivity index (χ1) is 12.1. The van der Waals surface area contributed by atoms with Gasteiger partial charge in [-0.3, -0.25) is 4.68 Å². The maximum atomic E-state index is 14.0. The topological polar surface area (TPSA) is 91.5 Å². The van der Waals surface area contributed by atoms with Gasteiger partial charge in [-0.2, -0.15) is 10.1 Å². The minimum absolute atomic E-state index is 0. The second-order valence-electron chi connectivity index (χ2n) is 5.56. The molecule has 0 saturated heterocycles. The molecule has 0 fully saturated rings. The van der Waals surface area contributed by atoms with Gasteiger partial charge < -0.3 is 16.0 Å². The Balaban J connectivity index is 0.00000243. The van der Waals surface area contributed by atoms with Gasteiger partial charge in [0.15, 0.2) is 0 Å². The number of rotatable bonds is 6. The Morgan fingerprint density at radius 2 is 2.20 bits per heavy atom. The van der Waals surface area contributed by atoms with E-state index < -0.39 is 0 Å². The standard InChI is InChI=1S/C17H18FN7.H2/c1-11-4-3-5-15(18)14(11)9-20-16-12(6-19)7-21-17(24-16)23-13-8-22-25(2)10-13;/h3-8,10,19H,9H2,1-2H3,(H2,20,21,23,24);1H. The quantitative estimate of drug-likeness (QED) is 0.599. The molecule has 25 heavy (non-hydrogen) atoms. The summed E-state index contributed by atoms with van der Waals surface area (Å²) in [6.45, 7) is 2.12. The highest BCUT2D eigenvalue weighted by Crippen LogP contribution is 2.19. The van der Waals surface area contributed by atoms with Crippen molar-refractivity contribution in [2.24, 2.45) is 7.05 Å². The molecule has 8 heteroatoms. The van der Waals surface area contributed by atoms with E-state index in [0.29, 0.717) is 22.9 Å². The number of aromatic nitrogens is 4. The molecule has 0 aliphatic rings. The van der Waals surface area contributed by atoms with Gasteiger partial charge in [-0.25, -0.2) is 9.37 Å². The summed E-state index contributed by atoms with van der Waals surface area (Å²) in [6.07, 6.45) is 6.15. The van der Waals surface area contributed by atoms with Crippen molar-refractivity contribution < 1.29 is 5.82 Å². The summed E-state index contributed by atoms with van der Waals surface area (Å²) >= 11 is 0. The van der Waals surface area contributed by atoms with E-state index in [9.17, 15) is 4.39 Å². The highest BCUT2D eigenvalue weighted by atomic mass is 19.1. The highest BCUT2D eigenvalue weighted by Gasteiger charge is 2.09. The molecule has 3 rings (SSSR count). The maximum absolute atomic E-state index is 14.0. The number of anilines is 3. The van der Waals surface area contributed by atoms with Crippen LogP contribution in [0.2, 0.25) is 0 Å². The third-order valence-corrected chi connectivity index (χ3v) is 3.72. The Bertz CT molecular complexity index is 890. The largest absolute Gasteiger partial charge is 0.365 e. The summed E-state index contributed by atoms with van der Waals surface area (Å²) in [6, 6.07) is 4.96. The van der Waals surface area contributed by atoms with Gasteiger partial charge in [0.05, 0.1) is 17.4 Å². The Hall–Kier alpha value is -3.29. The molecule has 0 atom stereocenters. The second kappa shape index (κ2) is 7.08. The second-order valence-corrected chi connectivity index (χ2v) is 5.56. The monoisotopic (exact) mass is 341 g/mol. The fourth-order valence-electron chi connectivity index (χ4n) is 2.38. The van der Waals surface area contributed by atoms with Crippen LogP contribution in [0.3, 0.4) is 0 Å². The summed E-state index contributed by atoms with van der Waals surface area (Å²) < 4.78 is 15.6. The highest BCUT2D eigenvalue weighted by molar-refractivity contribution is 5.84. The number of benzene rings is 1. The summed E-state index contributed by atoms with van der Waals surface area (Å²) in [5.41, 5.74) is 2.69. The lowest BCUT2D eigenvalue weighted by Gasteiger charge is -2.12. The molecule has 3 aromatic rings. The first kappa shape index (κ1) is 16.6. The van der Waals surface area contributed by atoms with Gasteiger partial charge in [-0.15, -0.1) is 0 Å². The molecule has 7 nitrogen and oxygen atoms in total. The zero-order chi connectivity index (χ0) is 17.8. The molecule has 0 unspecified atom stereocenters. The van der Waals surface area contributed by atoms with E-state index in [0.717, 1.165) is 17.5 Å². The van der Waals surface area contributed by atoms with Gasteiger partial charge in [-0.1, -0.05) is 12.1 Å². The van der Waals surface area contributed by atoms with E-state index >= 15 is 0 Å². The molecule has 1 aromatic carbocycles. The number of nitrogens with zero attached hydrogens (tertiary/aromatic N) is 4. The molecule has 2 aromatic heterocycles. The van der Waals surface area contributed by atoms with E-state index in [4.69, 9.17) is 5.41 Å². The Labute approximate surface area is 145 Å². The summed E-state index contributed by atoms with van der Waals surface area (Å²) in [4.78, 5) is 8.56. The first-order valence-electron chi connectivity index (χ1n) is 7.68. The molecule has 2 heterocycles. The zero-order valence-electron chi connectivity index (χ0n) is 13.9. The number of hydrogen-bond acceptors (Lipinski definition) is 6. The van der Waals surface area contributed by atoms with Gasteiger partial charge in [0.1, 0.15) is 11.6 Å². The van der Waals surface area contributed by atoms with Crippen LogP contribution in [0.25, 0.3) is 0 Å². The molecule has 0 bridgehead atoms. The lowest BCUT2D eigenvalue weighted by Crippen LogP contribution is -2.09. The van der Waals surface area contributed by atoms with Crippen LogP contribution in [0.15, 0.2) is 36.8 Å². The Morgan fingerprint density at radius 1 is 1.36 bits per heavy atom. The van der Waals surface area contributed by atoms with Crippen molar-refractivity contribution in [2.75, 3.05) is 10.6 Å². The smallest absolute Gasteiger partial charge is 0.229 e. The lowest BCUT2D eigenvalue weighted by molar-refractivity contribution is 0.611. The normalized spacial score (nSPS) is 10.5. The maximum Gasteiger partial charge on any atom is 0.229 e. The Morgan fingerprint density at radius 3 is 2.88 bits per heavy atom. The molecule has 0 radical (unpaired) electrons. The number of aryl methyl sites for hydroxylation is 2. The van der Waals surface area contributed by atoms with Crippen molar-refractivity contribution in [3.8, 4) is 0 Å². The molecular formula is C17H20FN7. The van der Waals surface area contributed by atoms with Gasteiger partial charge in [0.2, 0.25) is 5.95 Å². The van der Waals surface area contributed by atoms with E-state index in [1.165, 1.54) is 12.3 Å². The fourth-order valence-corrected chi connectivity index (χ4v) is 2.38. The average Bonchev–Trinajstić information content (AvgIpc) is 2.99. The fraction of sp³-hybridized carbons (Fsp3) is 0.176. The summed E-state index contributed by atoms with van der Waals surface area (Å²) in [5.74, 6) is 0.553. The lowest BCUT2D eigenvalue weighted by atomic mass is 10.1. The number of hydrogen-bond donors (Lipinski definition) is 3. The van der Waals surface area contributed by atoms with Crippen molar-refractivity contribution in [3.63, 3.8) is 0 Å². The van der Waals surface area contributed by atoms with Crippen molar-refractivity contribution >= 4 is 23.7 Å². The van der Waals surface area contributed by atoms with Crippen molar-refractivity contribution in [3.05, 3.63) is 59.3 Å². The third kappa shape index (κ3) is 3.79. The van der Waals surface area contributed by atoms with E-state index in [-0.39, 0.29) is 13.8 Å². The molecule has 0 amide bonds. The first-order valence-corrected chi connectivity index (χ1v) is 7.68. The van der Waals surface area contributed by atoms with Crippen molar-refractivity contribution in [2.45, 2.75) is 13.5 Å². The van der Waals surface area contributed by atoms with Gasteiger partial charge in [0, 0.05) is 39.2 Å². The minimum atomic E-state index is -0.272. The molecule has 130 valence electrons. The predicted octanol–water partition coefficient (Wildman–Crippen LogP) is 3.26. The van der Waals surface area contributed by atoms with Crippen LogP contribution < -0.4 is 10.6 Å². The average molecular weight is 341 g/mol. The van der Waals surface area contributed by atoms with Crippen LogP contribution in [-0.4, -0.2) is 26.0 Å². The van der Waals surface area contributed by atoms with Crippen LogP contribution in [0.5, 0.6) is 0 Å². The summed E-state index contributed by atoms with van der Waals surface area (Å²) in [5, 5.41) is 17.7. The summed E-state index contributed by atoms with van der Waals surface area (Å²) in [7, 11) is 1.81. The van der Waals surface area contributed by atoms with Gasteiger partial charge in [-0.05, 0) is 18.6 Å². The van der Waals surface area contributed by atoms with Crippen LogP contribution >= 0.6 is 0 Å². The zero-order valence-corrected chi connectivity index (χ0v) is 13.9. The third-order valence-electron chi connectivity index (χ3n) is 3.72. The van der Waals surface area contributed by atoms with Crippen LogP contribution in [0, 0.1) is 18.2 Å². The minimum Gasteiger partial charge on any atom is -0.365 e. The van der Waals surface area contributed by atoms with E-state index in [1.54, 1.807) is 23.1 Å². The van der Waals surface area contributed by atoms with Crippen LogP contribution in [-0.2, 0) is 13.6 Å². The van der Waals surface area contributed by atoms with Crippen molar-refractivity contribution in [1.82, 2.24) is 19.7 Å².